The van der Waals surface area contributed by atoms with E-state index in [0.717, 1.165) is 22.0 Å². The fourth-order valence-corrected chi connectivity index (χ4v) is 2.32. The molecular formula is C17H13NO2. The summed E-state index contributed by atoms with van der Waals surface area (Å²) in [5, 5.41) is 10.8. The fraction of sp³-hybridized carbons (Fsp3) is 0.0588. The van der Waals surface area contributed by atoms with E-state index < -0.39 is 0 Å². The highest BCUT2D eigenvalue weighted by atomic mass is 16.3. The molecule has 2 aromatic carbocycles. The average Bonchev–Trinajstić information content (AvgIpc) is 2.47. The van der Waals surface area contributed by atoms with E-state index in [1.54, 1.807) is 24.4 Å². The van der Waals surface area contributed by atoms with Crippen LogP contribution in [0.1, 0.15) is 17.3 Å². The standard InChI is InChI=1S/C17H13NO2/c1-11(19)15-10-13(7-8-16(15)20)14-6-2-4-12-5-3-9-18-17(12)14/h2-10,20H,1H3. The second-order valence-electron chi connectivity index (χ2n) is 4.67. The third-order valence-electron chi connectivity index (χ3n) is 3.32. The van der Waals surface area contributed by atoms with E-state index in [1.165, 1.54) is 6.92 Å². The number of Topliss-reactive ketones (excluding diaryl/α,β-unsaturated/α-hetero) is 1. The molecule has 0 spiro atoms. The number of hydrogen-bond acceptors (Lipinski definition) is 3. The summed E-state index contributed by atoms with van der Waals surface area (Å²) in [5.74, 6) is -0.146. The second kappa shape index (κ2) is 4.78. The lowest BCUT2D eigenvalue weighted by Crippen LogP contribution is -1.94. The molecule has 20 heavy (non-hydrogen) atoms. The van der Waals surface area contributed by atoms with Crippen LogP contribution >= 0.6 is 0 Å². The van der Waals surface area contributed by atoms with Crippen LogP contribution in [0.3, 0.4) is 0 Å². The van der Waals surface area contributed by atoms with Gasteiger partial charge in [-0.3, -0.25) is 9.78 Å². The molecule has 1 heterocycles. The maximum Gasteiger partial charge on any atom is 0.163 e. The molecule has 0 radical (unpaired) electrons. The zero-order valence-corrected chi connectivity index (χ0v) is 11.0. The zero-order valence-electron chi connectivity index (χ0n) is 11.0. The van der Waals surface area contributed by atoms with E-state index in [1.807, 2.05) is 30.3 Å². The Bertz CT molecular complexity index is 804. The van der Waals surface area contributed by atoms with Gasteiger partial charge in [-0.25, -0.2) is 0 Å². The Balaban J connectivity index is 2.26. The van der Waals surface area contributed by atoms with Crippen molar-refractivity contribution in [2.75, 3.05) is 0 Å². The quantitative estimate of drug-likeness (QED) is 0.715. The molecule has 0 bridgehead atoms. The van der Waals surface area contributed by atoms with Crippen LogP contribution in [-0.2, 0) is 0 Å². The number of nitrogens with zero attached hydrogens (tertiary/aromatic N) is 1. The molecule has 0 saturated heterocycles. The molecule has 0 saturated carbocycles. The number of para-hydroxylation sites is 1. The van der Waals surface area contributed by atoms with Crippen LogP contribution in [0.25, 0.3) is 22.0 Å². The molecule has 0 amide bonds. The van der Waals surface area contributed by atoms with Gasteiger partial charge >= 0.3 is 0 Å². The van der Waals surface area contributed by atoms with Gasteiger partial charge < -0.3 is 5.11 Å². The number of phenols is 1. The minimum atomic E-state index is -0.155. The summed E-state index contributed by atoms with van der Waals surface area (Å²) in [6.45, 7) is 1.44. The number of carbonyl (C=O) groups is 1. The number of benzene rings is 2. The predicted molar refractivity (Wildman–Crippen MR) is 78.8 cm³/mol. The largest absolute Gasteiger partial charge is 0.507 e. The summed E-state index contributed by atoms with van der Waals surface area (Å²) in [6, 6.07) is 14.9. The van der Waals surface area contributed by atoms with Crippen LogP contribution < -0.4 is 0 Å². The van der Waals surface area contributed by atoms with Crippen molar-refractivity contribution in [3.8, 4) is 16.9 Å². The highest BCUT2D eigenvalue weighted by molar-refractivity contribution is 6.00. The van der Waals surface area contributed by atoms with Gasteiger partial charge in [-0.15, -0.1) is 0 Å². The van der Waals surface area contributed by atoms with Crippen LogP contribution in [0, 0.1) is 0 Å². The molecule has 3 heteroatoms. The lowest BCUT2D eigenvalue weighted by Gasteiger charge is -2.08. The van der Waals surface area contributed by atoms with Gasteiger partial charge in [0.15, 0.2) is 5.78 Å². The van der Waals surface area contributed by atoms with Crippen molar-refractivity contribution in [2.45, 2.75) is 6.92 Å². The minimum Gasteiger partial charge on any atom is -0.507 e. The minimum absolute atomic E-state index is 0.00875. The van der Waals surface area contributed by atoms with E-state index >= 15 is 0 Å². The van der Waals surface area contributed by atoms with E-state index in [2.05, 4.69) is 4.98 Å². The number of hydrogen-bond donors (Lipinski definition) is 1. The molecule has 98 valence electrons. The van der Waals surface area contributed by atoms with Gasteiger partial charge in [0.25, 0.3) is 0 Å². The van der Waals surface area contributed by atoms with Gasteiger partial charge in [0.1, 0.15) is 5.75 Å². The summed E-state index contributed by atoms with van der Waals surface area (Å²) in [5.41, 5.74) is 3.04. The van der Waals surface area contributed by atoms with Crippen LogP contribution in [0.15, 0.2) is 54.7 Å². The fourth-order valence-electron chi connectivity index (χ4n) is 2.32. The second-order valence-corrected chi connectivity index (χ2v) is 4.67. The molecule has 3 nitrogen and oxygen atoms in total. The molecule has 0 aliphatic heterocycles. The average molecular weight is 263 g/mol. The number of fused-ring (bicyclic) bond motifs is 1. The van der Waals surface area contributed by atoms with E-state index in [-0.39, 0.29) is 11.5 Å². The van der Waals surface area contributed by atoms with Gasteiger partial charge in [0.2, 0.25) is 0 Å². The smallest absolute Gasteiger partial charge is 0.163 e. The Morgan fingerprint density at radius 1 is 1.10 bits per heavy atom. The van der Waals surface area contributed by atoms with Crippen molar-refractivity contribution < 1.29 is 9.90 Å². The summed E-state index contributed by atoms with van der Waals surface area (Å²) in [7, 11) is 0. The molecule has 1 aromatic heterocycles. The number of phenolic OH excluding ortho intramolecular Hbond substituents is 1. The number of aromatic nitrogens is 1. The molecule has 0 unspecified atom stereocenters. The summed E-state index contributed by atoms with van der Waals surface area (Å²) in [4.78, 5) is 15.9. The Kier molecular flexibility index (Phi) is 2.95. The van der Waals surface area contributed by atoms with Crippen molar-refractivity contribution in [1.82, 2.24) is 4.98 Å². The number of carbonyl (C=O) groups excluding carboxylic acids is 1. The molecule has 0 aliphatic rings. The third kappa shape index (κ3) is 2.03. The van der Waals surface area contributed by atoms with Gasteiger partial charge in [-0.2, -0.15) is 0 Å². The molecule has 3 rings (SSSR count). The van der Waals surface area contributed by atoms with Crippen molar-refractivity contribution in [1.29, 1.82) is 0 Å². The first-order chi connectivity index (χ1) is 9.66. The number of ketones is 1. The maximum atomic E-state index is 11.5. The molecule has 0 atom stereocenters. The van der Waals surface area contributed by atoms with Gasteiger partial charge in [-0.05, 0) is 30.7 Å². The summed E-state index contributed by atoms with van der Waals surface area (Å²) < 4.78 is 0. The topological polar surface area (TPSA) is 50.2 Å². The van der Waals surface area contributed by atoms with Crippen LogP contribution in [0.5, 0.6) is 5.75 Å². The first-order valence-corrected chi connectivity index (χ1v) is 6.35. The molecule has 3 aromatic rings. The van der Waals surface area contributed by atoms with Crippen LogP contribution in [0.4, 0.5) is 0 Å². The lowest BCUT2D eigenvalue weighted by atomic mass is 9.98. The zero-order chi connectivity index (χ0) is 14.1. The number of rotatable bonds is 2. The molecule has 0 fully saturated rings. The Morgan fingerprint density at radius 3 is 2.70 bits per heavy atom. The monoisotopic (exact) mass is 263 g/mol. The van der Waals surface area contributed by atoms with Gasteiger partial charge in [0, 0.05) is 17.1 Å². The molecule has 1 N–H and O–H groups in total. The van der Waals surface area contributed by atoms with Crippen molar-refractivity contribution in [3.63, 3.8) is 0 Å². The van der Waals surface area contributed by atoms with E-state index in [4.69, 9.17) is 0 Å². The van der Waals surface area contributed by atoms with Crippen molar-refractivity contribution in [2.24, 2.45) is 0 Å². The Morgan fingerprint density at radius 2 is 1.90 bits per heavy atom. The maximum absolute atomic E-state index is 11.5. The van der Waals surface area contributed by atoms with Gasteiger partial charge in [-0.1, -0.05) is 30.3 Å². The normalized spacial score (nSPS) is 10.7. The Labute approximate surface area is 116 Å². The Hall–Kier alpha value is -2.68. The SMILES string of the molecule is CC(=O)c1cc(-c2cccc3cccnc23)ccc1O. The van der Waals surface area contributed by atoms with Crippen LogP contribution in [0.2, 0.25) is 0 Å². The van der Waals surface area contributed by atoms with Crippen LogP contribution in [-0.4, -0.2) is 15.9 Å². The first-order valence-electron chi connectivity index (χ1n) is 6.35. The van der Waals surface area contributed by atoms with E-state index in [9.17, 15) is 9.90 Å². The highest BCUT2D eigenvalue weighted by Gasteiger charge is 2.10. The van der Waals surface area contributed by atoms with Crippen molar-refractivity contribution in [3.05, 3.63) is 60.3 Å². The number of pyridine rings is 1. The first kappa shape index (κ1) is 12.4. The van der Waals surface area contributed by atoms with Crippen molar-refractivity contribution >= 4 is 16.7 Å². The van der Waals surface area contributed by atoms with E-state index in [0.29, 0.717) is 5.56 Å². The number of aromatic hydroxyl groups is 1. The lowest BCUT2D eigenvalue weighted by molar-refractivity contribution is 0.101. The summed E-state index contributed by atoms with van der Waals surface area (Å²) in [6.07, 6.45) is 1.75. The van der Waals surface area contributed by atoms with Gasteiger partial charge in [0.05, 0.1) is 11.1 Å². The highest BCUT2D eigenvalue weighted by Crippen LogP contribution is 2.30. The molecular weight excluding hydrogens is 250 g/mol. The third-order valence-corrected chi connectivity index (χ3v) is 3.32. The summed E-state index contributed by atoms with van der Waals surface area (Å²) >= 11 is 0. The molecule has 0 aliphatic carbocycles. The predicted octanol–water partition coefficient (Wildman–Crippen LogP) is 3.81.